The minimum Gasteiger partial charge on any atom is -0.217 e. The van der Waals surface area contributed by atoms with E-state index in [1.165, 1.54) is 18.5 Å². The van der Waals surface area contributed by atoms with Crippen LogP contribution >= 0.6 is 0 Å². The second-order valence-electron chi connectivity index (χ2n) is 4.62. The van der Waals surface area contributed by atoms with Crippen LogP contribution in [0.5, 0.6) is 0 Å². The summed E-state index contributed by atoms with van der Waals surface area (Å²) in [7, 11) is 0. The number of aryl methyl sites for hydroxylation is 1. The van der Waals surface area contributed by atoms with Crippen LogP contribution in [0.4, 0.5) is 0 Å². The highest BCUT2D eigenvalue weighted by molar-refractivity contribution is 5.42. The van der Waals surface area contributed by atoms with Crippen molar-refractivity contribution < 1.29 is 0 Å². The van der Waals surface area contributed by atoms with E-state index in [-0.39, 0.29) is 0 Å². The molecule has 6 heteroatoms. The first-order chi connectivity index (χ1) is 9.40. The highest BCUT2D eigenvalue weighted by Gasteiger charge is 2.18. The van der Waals surface area contributed by atoms with Gasteiger partial charge in [0.2, 0.25) is 0 Å². The number of hydrogen-bond donors (Lipinski definition) is 0. The monoisotopic (exact) mass is 254 g/mol. The van der Waals surface area contributed by atoms with Crippen LogP contribution in [0, 0.1) is 0 Å². The van der Waals surface area contributed by atoms with E-state index in [4.69, 9.17) is 5.53 Å². The van der Waals surface area contributed by atoms with Gasteiger partial charge in [-0.15, -0.1) is 5.10 Å². The lowest BCUT2D eigenvalue weighted by atomic mass is 10.0. The first-order valence-electron chi connectivity index (χ1n) is 6.43. The van der Waals surface area contributed by atoms with Crippen LogP contribution < -0.4 is 0 Å². The predicted molar refractivity (Wildman–Crippen MR) is 70.9 cm³/mol. The molecule has 0 N–H and O–H groups in total. The van der Waals surface area contributed by atoms with Crippen LogP contribution in [0.2, 0.25) is 0 Å². The zero-order chi connectivity index (χ0) is 13.1. The number of rotatable bonds is 3. The molecule has 2 aromatic rings. The molecule has 0 bridgehead atoms. The molecule has 1 aromatic carbocycles. The molecule has 6 nitrogen and oxygen atoms in total. The zero-order valence-corrected chi connectivity index (χ0v) is 10.5. The second kappa shape index (κ2) is 5.12. The van der Waals surface area contributed by atoms with E-state index in [0.29, 0.717) is 6.54 Å². The van der Waals surface area contributed by atoms with Gasteiger partial charge in [0.1, 0.15) is 0 Å². The molecule has 0 saturated carbocycles. The fraction of sp³-hybridized carbons (Fsp3) is 0.385. The summed E-state index contributed by atoms with van der Waals surface area (Å²) in [4.78, 5) is 2.82. The SMILES string of the molecule is [N-]=[N+]=NCc1ccccc1-n1nnc2c1CCCC2. The van der Waals surface area contributed by atoms with E-state index in [9.17, 15) is 0 Å². The Hall–Kier alpha value is -2.33. The van der Waals surface area contributed by atoms with Crippen molar-refractivity contribution in [3.63, 3.8) is 0 Å². The maximum absolute atomic E-state index is 8.46. The minimum atomic E-state index is 0.335. The average Bonchev–Trinajstić information content (AvgIpc) is 2.89. The number of azide groups is 1. The van der Waals surface area contributed by atoms with E-state index in [1.54, 1.807) is 0 Å². The molecule has 1 aliphatic rings. The Morgan fingerprint density at radius 1 is 1.26 bits per heavy atom. The minimum absolute atomic E-state index is 0.335. The number of hydrogen-bond acceptors (Lipinski definition) is 3. The number of nitrogens with zero attached hydrogens (tertiary/aromatic N) is 6. The third kappa shape index (κ3) is 2.18. The van der Waals surface area contributed by atoms with Crippen LogP contribution in [0.15, 0.2) is 29.4 Å². The van der Waals surface area contributed by atoms with Gasteiger partial charge in [-0.05, 0) is 42.8 Å². The molecule has 1 aromatic heterocycles. The molecule has 0 radical (unpaired) electrons. The van der Waals surface area contributed by atoms with Crippen molar-refractivity contribution in [2.45, 2.75) is 32.2 Å². The Kier molecular flexibility index (Phi) is 3.16. The molecular weight excluding hydrogens is 240 g/mol. The maximum Gasteiger partial charge on any atom is 0.0863 e. The molecule has 0 saturated heterocycles. The summed E-state index contributed by atoms with van der Waals surface area (Å²) < 4.78 is 1.90. The molecule has 19 heavy (non-hydrogen) atoms. The normalized spacial score (nSPS) is 13.7. The van der Waals surface area contributed by atoms with E-state index < -0.39 is 0 Å². The van der Waals surface area contributed by atoms with Crippen LogP contribution in [0.3, 0.4) is 0 Å². The third-order valence-corrected chi connectivity index (χ3v) is 3.44. The third-order valence-electron chi connectivity index (χ3n) is 3.44. The van der Waals surface area contributed by atoms with Crippen LogP contribution in [0.25, 0.3) is 16.1 Å². The summed E-state index contributed by atoms with van der Waals surface area (Å²) in [5, 5.41) is 12.2. The van der Waals surface area contributed by atoms with Gasteiger partial charge in [0.25, 0.3) is 0 Å². The van der Waals surface area contributed by atoms with Crippen LogP contribution in [-0.2, 0) is 19.4 Å². The Labute approximate surface area is 110 Å². The van der Waals surface area contributed by atoms with Crippen molar-refractivity contribution in [2.24, 2.45) is 5.11 Å². The number of fused-ring (bicyclic) bond motifs is 1. The van der Waals surface area contributed by atoms with Crippen molar-refractivity contribution in [1.82, 2.24) is 15.0 Å². The van der Waals surface area contributed by atoms with Crippen molar-refractivity contribution >= 4 is 0 Å². The molecule has 0 atom stereocenters. The van der Waals surface area contributed by atoms with Gasteiger partial charge in [0.05, 0.1) is 23.6 Å². The van der Waals surface area contributed by atoms with E-state index >= 15 is 0 Å². The summed E-state index contributed by atoms with van der Waals surface area (Å²) in [6.45, 7) is 0.335. The number of aromatic nitrogens is 3. The molecule has 0 amide bonds. The van der Waals surface area contributed by atoms with Crippen molar-refractivity contribution in [3.8, 4) is 5.69 Å². The predicted octanol–water partition coefficient (Wildman–Crippen LogP) is 2.96. The number of para-hydroxylation sites is 1. The Morgan fingerprint density at radius 2 is 2.11 bits per heavy atom. The molecule has 1 heterocycles. The van der Waals surface area contributed by atoms with Crippen molar-refractivity contribution in [2.75, 3.05) is 0 Å². The van der Waals surface area contributed by atoms with Gasteiger partial charge >= 0.3 is 0 Å². The Bertz CT molecular complexity index is 638. The Balaban J connectivity index is 2.06. The molecule has 0 unspecified atom stereocenters. The highest BCUT2D eigenvalue weighted by Crippen LogP contribution is 2.23. The second-order valence-corrected chi connectivity index (χ2v) is 4.62. The van der Waals surface area contributed by atoms with Gasteiger partial charge in [-0.2, -0.15) is 0 Å². The van der Waals surface area contributed by atoms with Crippen molar-refractivity contribution in [3.05, 3.63) is 51.7 Å². The number of benzene rings is 1. The summed E-state index contributed by atoms with van der Waals surface area (Å²) in [5.74, 6) is 0. The lowest BCUT2D eigenvalue weighted by molar-refractivity contribution is 0.651. The van der Waals surface area contributed by atoms with Gasteiger partial charge < -0.3 is 0 Å². The zero-order valence-electron chi connectivity index (χ0n) is 10.5. The summed E-state index contributed by atoms with van der Waals surface area (Å²) in [6.07, 6.45) is 4.39. The lowest BCUT2D eigenvalue weighted by Gasteiger charge is -2.14. The summed E-state index contributed by atoms with van der Waals surface area (Å²) in [6, 6.07) is 7.85. The molecule has 0 aliphatic heterocycles. The first kappa shape index (κ1) is 11.7. The van der Waals surface area contributed by atoms with E-state index in [0.717, 1.165) is 29.8 Å². The summed E-state index contributed by atoms with van der Waals surface area (Å²) in [5.41, 5.74) is 12.7. The summed E-state index contributed by atoms with van der Waals surface area (Å²) >= 11 is 0. The quantitative estimate of drug-likeness (QED) is 0.479. The van der Waals surface area contributed by atoms with Gasteiger partial charge in [0, 0.05) is 4.91 Å². The van der Waals surface area contributed by atoms with Crippen LogP contribution in [0.1, 0.15) is 29.8 Å². The van der Waals surface area contributed by atoms with E-state index in [1.807, 2.05) is 28.9 Å². The van der Waals surface area contributed by atoms with Gasteiger partial charge in [-0.1, -0.05) is 28.5 Å². The fourth-order valence-electron chi connectivity index (χ4n) is 2.51. The highest BCUT2D eigenvalue weighted by atomic mass is 15.4. The maximum atomic E-state index is 8.46. The molecule has 0 spiro atoms. The van der Waals surface area contributed by atoms with Gasteiger partial charge in [-0.25, -0.2) is 4.68 Å². The van der Waals surface area contributed by atoms with Gasteiger partial charge in [-0.3, -0.25) is 0 Å². The fourth-order valence-corrected chi connectivity index (χ4v) is 2.51. The largest absolute Gasteiger partial charge is 0.217 e. The Morgan fingerprint density at radius 3 is 3.00 bits per heavy atom. The average molecular weight is 254 g/mol. The van der Waals surface area contributed by atoms with Crippen LogP contribution in [-0.4, -0.2) is 15.0 Å². The lowest BCUT2D eigenvalue weighted by Crippen LogP contribution is -2.09. The van der Waals surface area contributed by atoms with Gasteiger partial charge in [0.15, 0.2) is 0 Å². The topological polar surface area (TPSA) is 79.5 Å². The molecule has 1 aliphatic carbocycles. The molecule has 96 valence electrons. The van der Waals surface area contributed by atoms with Crippen molar-refractivity contribution in [1.29, 1.82) is 0 Å². The molecule has 0 fully saturated rings. The molecular formula is C13H14N6. The molecule has 3 rings (SSSR count). The van der Waals surface area contributed by atoms with E-state index in [2.05, 4.69) is 20.3 Å². The first-order valence-corrected chi connectivity index (χ1v) is 6.43. The standard InChI is InChI=1S/C13H14N6/c14-17-15-9-10-5-1-3-7-12(10)19-13-8-4-2-6-11(13)16-18-19/h1,3,5,7H,2,4,6,8-9H2. The smallest absolute Gasteiger partial charge is 0.0863 e.